The van der Waals surface area contributed by atoms with Crippen molar-refractivity contribution in [3.8, 4) is 0 Å². The molecule has 2 rings (SSSR count). The van der Waals surface area contributed by atoms with E-state index in [1.807, 2.05) is 0 Å². The Bertz CT molecular complexity index is 159. The van der Waals surface area contributed by atoms with Crippen molar-refractivity contribution in [3.05, 3.63) is 12.2 Å². The first-order valence-electron chi connectivity index (χ1n) is 4.98. The predicted molar refractivity (Wildman–Crippen MR) is 48.4 cm³/mol. The highest BCUT2D eigenvalue weighted by molar-refractivity contribution is 5.07. The van der Waals surface area contributed by atoms with Crippen LogP contribution in [0.5, 0.6) is 0 Å². The van der Waals surface area contributed by atoms with Gasteiger partial charge < -0.3 is 0 Å². The molecule has 0 heterocycles. The van der Waals surface area contributed by atoms with Gasteiger partial charge in [0.2, 0.25) is 0 Å². The number of hydrogen-bond acceptors (Lipinski definition) is 0. The van der Waals surface area contributed by atoms with E-state index in [1.165, 1.54) is 38.5 Å². The van der Waals surface area contributed by atoms with Gasteiger partial charge in [-0.1, -0.05) is 19.1 Å². The summed E-state index contributed by atoms with van der Waals surface area (Å²) in [5.41, 5.74) is 0.673. The predicted octanol–water partition coefficient (Wildman–Crippen LogP) is 3.53. The minimum Gasteiger partial charge on any atom is -0.0879 e. The van der Waals surface area contributed by atoms with Crippen LogP contribution in [0.2, 0.25) is 0 Å². The van der Waals surface area contributed by atoms with Crippen molar-refractivity contribution in [2.24, 2.45) is 11.3 Å². The second-order valence-corrected chi connectivity index (χ2v) is 4.49. The second-order valence-electron chi connectivity index (χ2n) is 4.49. The minimum absolute atomic E-state index is 0.673. The molecule has 0 N–H and O–H groups in total. The topological polar surface area (TPSA) is 0 Å². The smallest absolute Gasteiger partial charge is 0.0115 e. The van der Waals surface area contributed by atoms with Gasteiger partial charge in [0.25, 0.3) is 0 Å². The van der Waals surface area contributed by atoms with E-state index >= 15 is 0 Å². The maximum absolute atomic E-state index is 2.50. The highest BCUT2D eigenvalue weighted by Gasteiger charge is 2.32. The lowest BCUT2D eigenvalue weighted by Gasteiger charge is -2.34. The normalized spacial score (nSPS) is 43.5. The van der Waals surface area contributed by atoms with Gasteiger partial charge >= 0.3 is 0 Å². The van der Waals surface area contributed by atoms with Gasteiger partial charge in [-0.2, -0.15) is 0 Å². The summed E-state index contributed by atoms with van der Waals surface area (Å²) in [7, 11) is 0. The highest BCUT2D eigenvalue weighted by Crippen LogP contribution is 2.46. The van der Waals surface area contributed by atoms with Gasteiger partial charge in [0.15, 0.2) is 0 Å². The fourth-order valence-corrected chi connectivity index (χ4v) is 2.54. The maximum atomic E-state index is 2.50. The van der Waals surface area contributed by atoms with E-state index in [4.69, 9.17) is 0 Å². The van der Waals surface area contributed by atoms with E-state index < -0.39 is 0 Å². The summed E-state index contributed by atoms with van der Waals surface area (Å²) in [5.74, 6) is 0.995. The molecule has 0 atom stereocenters. The van der Waals surface area contributed by atoms with Crippen LogP contribution in [-0.4, -0.2) is 0 Å². The molecule has 0 unspecified atom stereocenters. The van der Waals surface area contributed by atoms with Crippen LogP contribution in [-0.2, 0) is 0 Å². The molecule has 62 valence electrons. The fourth-order valence-electron chi connectivity index (χ4n) is 2.54. The van der Waals surface area contributed by atoms with Crippen LogP contribution in [0.3, 0.4) is 0 Å². The largest absolute Gasteiger partial charge is 0.0879 e. The van der Waals surface area contributed by atoms with E-state index in [0.29, 0.717) is 5.41 Å². The molecule has 0 aromatic rings. The summed E-state index contributed by atoms with van der Waals surface area (Å²) in [4.78, 5) is 0. The van der Waals surface area contributed by atoms with Crippen molar-refractivity contribution in [3.63, 3.8) is 0 Å². The number of allylic oxidation sites excluding steroid dienone is 2. The van der Waals surface area contributed by atoms with E-state index in [1.54, 1.807) is 0 Å². The zero-order valence-electron chi connectivity index (χ0n) is 7.47. The first-order valence-corrected chi connectivity index (χ1v) is 4.98. The van der Waals surface area contributed by atoms with E-state index in [-0.39, 0.29) is 0 Å². The standard InChI is InChI=1S/C11H18/c1-10-4-8-11(9-5-10)6-2-3-7-11/h2,6,10H,3-5,7-9H2,1H3. The van der Waals surface area contributed by atoms with Crippen molar-refractivity contribution in [2.75, 3.05) is 0 Å². The Balaban J connectivity index is 2.00. The van der Waals surface area contributed by atoms with Gasteiger partial charge in [-0.3, -0.25) is 0 Å². The Morgan fingerprint density at radius 3 is 2.45 bits per heavy atom. The van der Waals surface area contributed by atoms with E-state index in [9.17, 15) is 0 Å². The zero-order chi connectivity index (χ0) is 7.73. The summed E-state index contributed by atoms with van der Waals surface area (Å²) < 4.78 is 0. The van der Waals surface area contributed by atoms with Crippen LogP contribution in [0.25, 0.3) is 0 Å². The highest BCUT2D eigenvalue weighted by atomic mass is 14.4. The van der Waals surface area contributed by atoms with Crippen molar-refractivity contribution < 1.29 is 0 Å². The maximum Gasteiger partial charge on any atom is -0.0115 e. The van der Waals surface area contributed by atoms with E-state index in [2.05, 4.69) is 19.1 Å². The van der Waals surface area contributed by atoms with Crippen LogP contribution in [0.15, 0.2) is 12.2 Å². The monoisotopic (exact) mass is 150 g/mol. The lowest BCUT2D eigenvalue weighted by Crippen LogP contribution is -2.22. The Morgan fingerprint density at radius 1 is 1.18 bits per heavy atom. The Morgan fingerprint density at radius 2 is 1.91 bits per heavy atom. The first-order chi connectivity index (χ1) is 5.31. The van der Waals surface area contributed by atoms with Crippen LogP contribution >= 0.6 is 0 Å². The van der Waals surface area contributed by atoms with Crippen LogP contribution < -0.4 is 0 Å². The third kappa shape index (κ3) is 1.36. The fraction of sp³-hybridized carbons (Fsp3) is 0.818. The van der Waals surface area contributed by atoms with Crippen LogP contribution in [0.4, 0.5) is 0 Å². The summed E-state index contributed by atoms with van der Waals surface area (Å²) in [5, 5.41) is 0. The third-order valence-electron chi connectivity index (χ3n) is 3.55. The molecule has 0 aromatic carbocycles. The van der Waals surface area contributed by atoms with E-state index in [0.717, 1.165) is 5.92 Å². The SMILES string of the molecule is CC1CCC2(C=CCC2)CC1. The molecule has 1 fully saturated rings. The molecule has 0 saturated heterocycles. The quantitative estimate of drug-likeness (QED) is 0.463. The van der Waals surface area contributed by atoms with Gasteiger partial charge in [-0.15, -0.1) is 0 Å². The average molecular weight is 150 g/mol. The van der Waals surface area contributed by atoms with Gasteiger partial charge in [-0.25, -0.2) is 0 Å². The van der Waals surface area contributed by atoms with Gasteiger partial charge in [0.05, 0.1) is 0 Å². The molecule has 0 heteroatoms. The molecular formula is C11H18. The average Bonchev–Trinajstić information content (AvgIpc) is 2.45. The number of rotatable bonds is 0. The third-order valence-corrected chi connectivity index (χ3v) is 3.55. The second kappa shape index (κ2) is 2.66. The summed E-state index contributed by atoms with van der Waals surface area (Å²) in [6.07, 6.45) is 13.5. The molecule has 2 aliphatic rings. The Hall–Kier alpha value is -0.260. The lowest BCUT2D eigenvalue weighted by molar-refractivity contribution is 0.210. The Labute approximate surface area is 69.7 Å². The summed E-state index contributed by atoms with van der Waals surface area (Å²) >= 11 is 0. The Kier molecular flexibility index (Phi) is 1.78. The van der Waals surface area contributed by atoms with Crippen molar-refractivity contribution >= 4 is 0 Å². The van der Waals surface area contributed by atoms with Crippen LogP contribution in [0.1, 0.15) is 45.4 Å². The first kappa shape index (κ1) is 7.39. The molecule has 0 nitrogen and oxygen atoms in total. The van der Waals surface area contributed by atoms with Gasteiger partial charge in [-0.05, 0) is 49.9 Å². The molecule has 1 spiro atoms. The summed E-state index contributed by atoms with van der Waals surface area (Å²) in [6.45, 7) is 2.39. The molecule has 0 aromatic heterocycles. The molecular weight excluding hydrogens is 132 g/mol. The zero-order valence-corrected chi connectivity index (χ0v) is 7.47. The van der Waals surface area contributed by atoms with Crippen molar-refractivity contribution in [1.82, 2.24) is 0 Å². The molecule has 0 bridgehead atoms. The van der Waals surface area contributed by atoms with Gasteiger partial charge in [0.1, 0.15) is 0 Å². The van der Waals surface area contributed by atoms with Crippen LogP contribution in [0, 0.1) is 11.3 Å². The molecule has 2 aliphatic carbocycles. The summed E-state index contributed by atoms with van der Waals surface area (Å²) in [6, 6.07) is 0. The molecule has 11 heavy (non-hydrogen) atoms. The molecule has 0 amide bonds. The molecule has 0 aliphatic heterocycles. The van der Waals surface area contributed by atoms with Crippen molar-refractivity contribution in [1.29, 1.82) is 0 Å². The van der Waals surface area contributed by atoms with Gasteiger partial charge in [0, 0.05) is 0 Å². The number of hydrogen-bond donors (Lipinski definition) is 0. The molecule has 0 radical (unpaired) electrons. The minimum atomic E-state index is 0.673. The molecule has 1 saturated carbocycles. The van der Waals surface area contributed by atoms with Crippen molar-refractivity contribution in [2.45, 2.75) is 45.4 Å². The lowest BCUT2D eigenvalue weighted by atomic mass is 9.71.